The highest BCUT2D eigenvalue weighted by molar-refractivity contribution is 5.74. The SMILES string of the molecule is CCN1CCC[C@H](NC(=O)N2CCN(Cc3ccccc3OC)CC2)C1. The highest BCUT2D eigenvalue weighted by Gasteiger charge is 2.25. The molecule has 1 N–H and O–H groups in total. The monoisotopic (exact) mass is 360 g/mol. The van der Waals surface area contributed by atoms with Gasteiger partial charge in [0.25, 0.3) is 0 Å². The van der Waals surface area contributed by atoms with Crippen LogP contribution in [-0.4, -0.2) is 79.7 Å². The smallest absolute Gasteiger partial charge is 0.317 e. The Hall–Kier alpha value is -1.79. The average Bonchev–Trinajstić information content (AvgIpc) is 2.69. The molecule has 0 saturated carbocycles. The van der Waals surface area contributed by atoms with E-state index >= 15 is 0 Å². The average molecular weight is 361 g/mol. The minimum Gasteiger partial charge on any atom is -0.496 e. The summed E-state index contributed by atoms with van der Waals surface area (Å²) in [5.41, 5.74) is 1.20. The molecular weight excluding hydrogens is 328 g/mol. The molecule has 26 heavy (non-hydrogen) atoms. The number of carbonyl (C=O) groups excluding carboxylic acids is 1. The van der Waals surface area contributed by atoms with Crippen LogP contribution in [0.25, 0.3) is 0 Å². The maximum atomic E-state index is 12.6. The molecule has 1 aromatic carbocycles. The van der Waals surface area contributed by atoms with Gasteiger partial charge in [0.2, 0.25) is 0 Å². The minimum atomic E-state index is 0.102. The number of likely N-dealkylation sites (tertiary alicyclic amines) is 1. The fraction of sp³-hybridized carbons (Fsp3) is 0.650. The van der Waals surface area contributed by atoms with E-state index in [1.165, 1.54) is 12.0 Å². The standard InChI is InChI=1S/C20H32N4O2/c1-3-22-10-6-8-18(16-22)21-20(25)24-13-11-23(12-14-24)15-17-7-4-5-9-19(17)26-2/h4-5,7,9,18H,3,6,8,10-16H2,1-2H3,(H,21,25)/t18-/m0/s1. The largest absolute Gasteiger partial charge is 0.496 e. The minimum absolute atomic E-state index is 0.102. The Morgan fingerprint density at radius 3 is 2.65 bits per heavy atom. The van der Waals surface area contributed by atoms with E-state index in [2.05, 4.69) is 28.1 Å². The summed E-state index contributed by atoms with van der Waals surface area (Å²) < 4.78 is 5.44. The summed E-state index contributed by atoms with van der Waals surface area (Å²) in [6.07, 6.45) is 2.27. The molecule has 6 heteroatoms. The van der Waals surface area contributed by atoms with Gasteiger partial charge in [0.15, 0.2) is 0 Å². The lowest BCUT2D eigenvalue weighted by molar-refractivity contribution is 0.126. The molecule has 0 unspecified atom stereocenters. The third-order valence-electron chi connectivity index (χ3n) is 5.53. The Labute approximate surface area is 157 Å². The summed E-state index contributed by atoms with van der Waals surface area (Å²) in [7, 11) is 1.71. The van der Waals surface area contributed by atoms with Crippen LogP contribution < -0.4 is 10.1 Å². The first kappa shape index (κ1) is 19.0. The lowest BCUT2D eigenvalue weighted by atomic mass is 10.1. The Balaban J connectivity index is 1.45. The van der Waals surface area contributed by atoms with Gasteiger partial charge in [-0.05, 0) is 32.0 Å². The van der Waals surface area contributed by atoms with Crippen LogP contribution >= 0.6 is 0 Å². The van der Waals surface area contributed by atoms with Gasteiger partial charge in [0.05, 0.1) is 7.11 Å². The van der Waals surface area contributed by atoms with Crippen LogP contribution in [0.5, 0.6) is 5.75 Å². The fourth-order valence-electron chi connectivity index (χ4n) is 3.91. The molecule has 0 bridgehead atoms. The molecule has 0 spiro atoms. The van der Waals surface area contributed by atoms with E-state index in [-0.39, 0.29) is 6.03 Å². The van der Waals surface area contributed by atoms with Crippen LogP contribution in [0.1, 0.15) is 25.3 Å². The summed E-state index contributed by atoms with van der Waals surface area (Å²) in [6, 6.07) is 8.55. The third-order valence-corrected chi connectivity index (χ3v) is 5.53. The summed E-state index contributed by atoms with van der Waals surface area (Å²) >= 11 is 0. The molecule has 2 fully saturated rings. The number of nitrogens with zero attached hydrogens (tertiary/aromatic N) is 3. The first-order chi connectivity index (χ1) is 12.7. The van der Waals surface area contributed by atoms with Gasteiger partial charge < -0.3 is 19.9 Å². The van der Waals surface area contributed by atoms with Gasteiger partial charge in [0, 0.05) is 50.9 Å². The molecule has 1 aromatic rings. The summed E-state index contributed by atoms with van der Waals surface area (Å²) in [6.45, 7) is 9.62. The molecule has 144 valence electrons. The zero-order chi connectivity index (χ0) is 18.4. The number of amides is 2. The number of piperidine rings is 1. The molecule has 6 nitrogen and oxygen atoms in total. The van der Waals surface area contributed by atoms with E-state index < -0.39 is 0 Å². The number of ether oxygens (including phenoxy) is 1. The summed E-state index contributed by atoms with van der Waals surface area (Å²) in [5, 5.41) is 3.24. The number of likely N-dealkylation sites (N-methyl/N-ethyl adjacent to an activating group) is 1. The van der Waals surface area contributed by atoms with Gasteiger partial charge in [-0.2, -0.15) is 0 Å². The molecule has 2 amide bonds. The molecule has 2 saturated heterocycles. The Morgan fingerprint density at radius 2 is 1.92 bits per heavy atom. The third kappa shape index (κ3) is 4.89. The van der Waals surface area contributed by atoms with Gasteiger partial charge in [-0.25, -0.2) is 4.79 Å². The first-order valence-electron chi connectivity index (χ1n) is 9.81. The molecule has 0 aliphatic carbocycles. The number of hydrogen-bond acceptors (Lipinski definition) is 4. The van der Waals surface area contributed by atoms with Crippen LogP contribution in [0.2, 0.25) is 0 Å². The lowest BCUT2D eigenvalue weighted by Gasteiger charge is -2.37. The molecule has 2 aliphatic heterocycles. The van der Waals surface area contributed by atoms with Crippen LogP contribution in [0, 0.1) is 0 Å². The Morgan fingerprint density at radius 1 is 1.15 bits per heavy atom. The predicted molar refractivity (Wildman–Crippen MR) is 104 cm³/mol. The Bertz CT molecular complexity index is 587. The van der Waals surface area contributed by atoms with E-state index in [9.17, 15) is 4.79 Å². The molecule has 0 aromatic heterocycles. The quantitative estimate of drug-likeness (QED) is 0.873. The molecule has 1 atom stereocenters. The predicted octanol–water partition coefficient (Wildman–Crippen LogP) is 2.01. The van der Waals surface area contributed by atoms with Gasteiger partial charge in [-0.1, -0.05) is 25.1 Å². The Kier molecular flexibility index (Phi) is 6.74. The van der Waals surface area contributed by atoms with Crippen molar-refractivity contribution in [3.05, 3.63) is 29.8 Å². The van der Waals surface area contributed by atoms with E-state index in [1.54, 1.807) is 7.11 Å². The van der Waals surface area contributed by atoms with E-state index in [4.69, 9.17) is 4.74 Å². The second kappa shape index (κ2) is 9.24. The van der Waals surface area contributed by atoms with Gasteiger partial charge in [0.1, 0.15) is 5.75 Å². The number of urea groups is 1. The number of para-hydroxylation sites is 1. The summed E-state index contributed by atoms with van der Waals surface area (Å²) in [5.74, 6) is 0.936. The highest BCUT2D eigenvalue weighted by atomic mass is 16.5. The normalized spacial score (nSPS) is 22.2. The highest BCUT2D eigenvalue weighted by Crippen LogP contribution is 2.20. The van der Waals surface area contributed by atoms with Crippen molar-refractivity contribution in [3.8, 4) is 5.75 Å². The number of benzene rings is 1. The topological polar surface area (TPSA) is 48.1 Å². The van der Waals surface area contributed by atoms with Gasteiger partial charge in [-0.3, -0.25) is 4.90 Å². The first-order valence-corrected chi connectivity index (χ1v) is 9.81. The number of nitrogens with one attached hydrogen (secondary N) is 1. The number of carbonyl (C=O) groups is 1. The van der Waals surface area contributed by atoms with Gasteiger partial charge in [-0.15, -0.1) is 0 Å². The molecule has 3 rings (SSSR count). The van der Waals surface area contributed by atoms with E-state index in [0.717, 1.165) is 64.5 Å². The molecular formula is C20H32N4O2. The van der Waals surface area contributed by atoms with Crippen LogP contribution in [0.3, 0.4) is 0 Å². The fourth-order valence-corrected chi connectivity index (χ4v) is 3.91. The van der Waals surface area contributed by atoms with Gasteiger partial charge >= 0.3 is 6.03 Å². The zero-order valence-corrected chi connectivity index (χ0v) is 16.1. The van der Waals surface area contributed by atoms with Crippen molar-refractivity contribution in [2.24, 2.45) is 0 Å². The van der Waals surface area contributed by atoms with Crippen molar-refractivity contribution in [1.82, 2.24) is 20.0 Å². The second-order valence-electron chi connectivity index (χ2n) is 7.26. The number of hydrogen-bond donors (Lipinski definition) is 1. The van der Waals surface area contributed by atoms with Crippen LogP contribution in [-0.2, 0) is 6.54 Å². The maximum absolute atomic E-state index is 12.6. The maximum Gasteiger partial charge on any atom is 0.317 e. The van der Waals surface area contributed by atoms with Crippen molar-refractivity contribution in [1.29, 1.82) is 0 Å². The van der Waals surface area contributed by atoms with Crippen molar-refractivity contribution in [2.75, 3.05) is 52.9 Å². The summed E-state index contributed by atoms with van der Waals surface area (Å²) in [4.78, 5) is 19.4. The second-order valence-corrected chi connectivity index (χ2v) is 7.26. The van der Waals surface area contributed by atoms with Crippen LogP contribution in [0.4, 0.5) is 4.79 Å². The number of methoxy groups -OCH3 is 1. The van der Waals surface area contributed by atoms with Crippen molar-refractivity contribution in [2.45, 2.75) is 32.4 Å². The molecule has 2 heterocycles. The number of piperazine rings is 1. The van der Waals surface area contributed by atoms with Crippen LogP contribution in [0.15, 0.2) is 24.3 Å². The number of rotatable bonds is 5. The zero-order valence-electron chi connectivity index (χ0n) is 16.1. The molecule has 2 aliphatic rings. The van der Waals surface area contributed by atoms with E-state index in [0.29, 0.717) is 6.04 Å². The molecule has 0 radical (unpaired) electrons. The van der Waals surface area contributed by atoms with Crippen molar-refractivity contribution in [3.63, 3.8) is 0 Å². The lowest BCUT2D eigenvalue weighted by Crippen LogP contribution is -2.55. The van der Waals surface area contributed by atoms with Crippen molar-refractivity contribution < 1.29 is 9.53 Å². The van der Waals surface area contributed by atoms with Crippen molar-refractivity contribution >= 4 is 6.03 Å². The van der Waals surface area contributed by atoms with E-state index in [1.807, 2.05) is 23.1 Å².